The molecule has 0 amide bonds. The number of methoxy groups -OCH3 is 1. The van der Waals surface area contributed by atoms with Crippen molar-refractivity contribution in [3.63, 3.8) is 0 Å². The number of sulfonamides is 1. The number of ether oxygens (including phenoxy) is 1. The number of hydrogen-bond donors (Lipinski definition) is 0. The Morgan fingerprint density at radius 2 is 1.89 bits per heavy atom. The van der Waals surface area contributed by atoms with Gasteiger partial charge in [0.25, 0.3) is 0 Å². The molecule has 0 saturated carbocycles. The Morgan fingerprint density at radius 1 is 1.33 bits per heavy atom. The van der Waals surface area contributed by atoms with Gasteiger partial charge in [-0.25, -0.2) is 13.2 Å². The minimum Gasteiger partial charge on any atom is -0.467 e. The number of benzene rings is 1. The molecule has 0 aromatic heterocycles. The van der Waals surface area contributed by atoms with Crippen LogP contribution in [0, 0.1) is 0 Å². The van der Waals surface area contributed by atoms with Crippen LogP contribution in [0.3, 0.4) is 0 Å². The van der Waals surface area contributed by atoms with Gasteiger partial charge in [-0.05, 0) is 18.6 Å². The lowest BCUT2D eigenvalue weighted by Gasteiger charge is -2.28. The predicted octanol–water partition coefficient (Wildman–Crippen LogP) is 1.40. The fourth-order valence-corrected chi connectivity index (χ4v) is 2.94. The van der Waals surface area contributed by atoms with Crippen LogP contribution in [0.4, 0.5) is 5.69 Å². The third kappa shape index (κ3) is 3.22. The molecular formula is C12H17NO4S. The first-order valence-corrected chi connectivity index (χ1v) is 7.39. The standard InChI is InChI=1S/C12H17NO4S/c1-4-11(12(14)17-2)13(18(3,15)16)10-8-6-5-7-9-10/h5-9,11H,4H2,1-3H3. The van der Waals surface area contributed by atoms with Gasteiger partial charge in [-0.2, -0.15) is 0 Å². The maximum absolute atomic E-state index is 11.9. The van der Waals surface area contributed by atoms with E-state index in [1.165, 1.54) is 7.11 Å². The summed E-state index contributed by atoms with van der Waals surface area (Å²) in [5.41, 5.74) is 0.456. The predicted molar refractivity (Wildman–Crippen MR) is 69.9 cm³/mol. The summed E-state index contributed by atoms with van der Waals surface area (Å²) >= 11 is 0. The molecule has 0 aliphatic heterocycles. The zero-order valence-corrected chi connectivity index (χ0v) is 11.5. The van der Waals surface area contributed by atoms with Crippen LogP contribution in [-0.2, 0) is 19.6 Å². The molecule has 0 aliphatic carbocycles. The molecule has 0 bridgehead atoms. The SMILES string of the molecule is CCC(C(=O)OC)N(c1ccccc1)S(C)(=O)=O. The van der Waals surface area contributed by atoms with Crippen LogP contribution in [0.15, 0.2) is 30.3 Å². The molecule has 6 heteroatoms. The summed E-state index contributed by atoms with van der Waals surface area (Å²) in [6, 6.07) is 7.67. The van der Waals surface area contributed by atoms with E-state index in [1.54, 1.807) is 37.3 Å². The Labute approximate surface area is 107 Å². The molecule has 100 valence electrons. The zero-order chi connectivity index (χ0) is 13.8. The molecule has 0 saturated heterocycles. The fraction of sp³-hybridized carbons (Fsp3) is 0.417. The zero-order valence-electron chi connectivity index (χ0n) is 10.7. The number of carbonyl (C=O) groups is 1. The van der Waals surface area contributed by atoms with Crippen molar-refractivity contribution in [1.82, 2.24) is 0 Å². The highest BCUT2D eigenvalue weighted by Crippen LogP contribution is 2.22. The highest BCUT2D eigenvalue weighted by molar-refractivity contribution is 7.92. The van der Waals surface area contributed by atoms with Crippen LogP contribution < -0.4 is 4.31 Å². The quantitative estimate of drug-likeness (QED) is 0.759. The van der Waals surface area contributed by atoms with Crippen molar-refractivity contribution >= 4 is 21.7 Å². The normalized spacial score (nSPS) is 12.8. The molecule has 0 radical (unpaired) electrons. The van der Waals surface area contributed by atoms with Crippen molar-refractivity contribution in [3.8, 4) is 0 Å². The summed E-state index contributed by atoms with van der Waals surface area (Å²) < 4.78 is 29.5. The van der Waals surface area contributed by atoms with Crippen LogP contribution in [0.25, 0.3) is 0 Å². The number of carbonyl (C=O) groups excluding carboxylic acids is 1. The highest BCUT2D eigenvalue weighted by Gasteiger charge is 2.31. The van der Waals surface area contributed by atoms with Crippen molar-refractivity contribution in [1.29, 1.82) is 0 Å². The van der Waals surface area contributed by atoms with E-state index in [0.717, 1.165) is 10.6 Å². The minimum atomic E-state index is -3.55. The van der Waals surface area contributed by atoms with Crippen molar-refractivity contribution in [2.45, 2.75) is 19.4 Å². The minimum absolute atomic E-state index is 0.342. The van der Waals surface area contributed by atoms with Gasteiger partial charge in [-0.1, -0.05) is 25.1 Å². The fourth-order valence-electron chi connectivity index (χ4n) is 1.74. The van der Waals surface area contributed by atoms with Gasteiger partial charge in [0.1, 0.15) is 6.04 Å². The average Bonchev–Trinajstić information content (AvgIpc) is 2.34. The van der Waals surface area contributed by atoms with Crippen molar-refractivity contribution in [2.24, 2.45) is 0 Å². The molecule has 18 heavy (non-hydrogen) atoms. The van der Waals surface area contributed by atoms with E-state index < -0.39 is 22.0 Å². The summed E-state index contributed by atoms with van der Waals surface area (Å²) in [6.45, 7) is 1.74. The Kier molecular flexibility index (Phi) is 4.72. The van der Waals surface area contributed by atoms with Gasteiger partial charge in [-0.3, -0.25) is 4.31 Å². The largest absolute Gasteiger partial charge is 0.467 e. The summed E-state index contributed by atoms with van der Waals surface area (Å²) in [5.74, 6) is -0.563. The second-order valence-corrected chi connectivity index (χ2v) is 5.70. The molecule has 1 aromatic rings. The lowest BCUT2D eigenvalue weighted by molar-refractivity contribution is -0.142. The van der Waals surface area contributed by atoms with Gasteiger partial charge in [0.05, 0.1) is 19.1 Å². The molecule has 0 heterocycles. The summed E-state index contributed by atoms with van der Waals surface area (Å²) in [5, 5.41) is 0. The van der Waals surface area contributed by atoms with Gasteiger partial charge in [-0.15, -0.1) is 0 Å². The first-order chi connectivity index (χ1) is 8.41. The maximum atomic E-state index is 11.9. The molecule has 5 nitrogen and oxygen atoms in total. The summed E-state index contributed by atoms with van der Waals surface area (Å²) in [7, 11) is -2.31. The molecular weight excluding hydrogens is 254 g/mol. The summed E-state index contributed by atoms with van der Waals surface area (Å²) in [6.07, 6.45) is 1.42. The first kappa shape index (κ1) is 14.5. The molecule has 1 atom stereocenters. The lowest BCUT2D eigenvalue weighted by Crippen LogP contribution is -2.45. The Bertz CT molecular complexity index is 498. The molecule has 1 unspecified atom stereocenters. The Morgan fingerprint density at radius 3 is 2.28 bits per heavy atom. The Hall–Kier alpha value is -1.56. The van der Waals surface area contributed by atoms with Crippen LogP contribution in [-0.4, -0.2) is 33.8 Å². The number of anilines is 1. The molecule has 0 N–H and O–H groups in total. The number of para-hydroxylation sites is 1. The third-order valence-corrected chi connectivity index (χ3v) is 3.69. The second-order valence-electron chi connectivity index (χ2n) is 3.84. The molecule has 1 rings (SSSR count). The van der Waals surface area contributed by atoms with E-state index in [4.69, 9.17) is 0 Å². The van der Waals surface area contributed by atoms with Gasteiger partial charge < -0.3 is 4.74 Å². The molecule has 0 spiro atoms. The Balaban J connectivity index is 3.26. The average molecular weight is 271 g/mol. The lowest BCUT2D eigenvalue weighted by atomic mass is 10.2. The van der Waals surface area contributed by atoms with Crippen LogP contribution in [0.1, 0.15) is 13.3 Å². The summed E-state index contributed by atoms with van der Waals surface area (Å²) in [4.78, 5) is 11.7. The highest BCUT2D eigenvalue weighted by atomic mass is 32.2. The number of nitrogens with zero attached hydrogens (tertiary/aromatic N) is 1. The van der Waals surface area contributed by atoms with Gasteiger partial charge >= 0.3 is 5.97 Å². The number of hydrogen-bond acceptors (Lipinski definition) is 4. The van der Waals surface area contributed by atoms with E-state index in [0.29, 0.717) is 12.1 Å². The van der Waals surface area contributed by atoms with Crippen molar-refractivity contribution in [2.75, 3.05) is 17.7 Å². The molecule has 0 aliphatic rings. The van der Waals surface area contributed by atoms with Gasteiger partial charge in [0.2, 0.25) is 10.0 Å². The van der Waals surface area contributed by atoms with E-state index in [9.17, 15) is 13.2 Å². The van der Waals surface area contributed by atoms with Crippen LogP contribution in [0.5, 0.6) is 0 Å². The molecule has 0 fully saturated rings. The second kappa shape index (κ2) is 5.86. The van der Waals surface area contributed by atoms with Crippen molar-refractivity contribution < 1.29 is 17.9 Å². The first-order valence-electron chi connectivity index (χ1n) is 5.54. The number of esters is 1. The smallest absolute Gasteiger partial charge is 0.329 e. The topological polar surface area (TPSA) is 63.7 Å². The monoisotopic (exact) mass is 271 g/mol. The van der Waals surface area contributed by atoms with Crippen LogP contribution in [0.2, 0.25) is 0 Å². The van der Waals surface area contributed by atoms with Crippen molar-refractivity contribution in [3.05, 3.63) is 30.3 Å². The van der Waals surface area contributed by atoms with E-state index in [-0.39, 0.29) is 0 Å². The van der Waals surface area contributed by atoms with Crippen LogP contribution >= 0.6 is 0 Å². The van der Waals surface area contributed by atoms with Gasteiger partial charge in [0.15, 0.2) is 0 Å². The van der Waals surface area contributed by atoms with E-state index >= 15 is 0 Å². The third-order valence-electron chi connectivity index (χ3n) is 2.51. The number of rotatable bonds is 5. The maximum Gasteiger partial charge on any atom is 0.329 e. The van der Waals surface area contributed by atoms with E-state index in [1.807, 2.05) is 0 Å². The van der Waals surface area contributed by atoms with Gasteiger partial charge in [0, 0.05) is 0 Å². The molecule has 1 aromatic carbocycles. The van der Waals surface area contributed by atoms with E-state index in [2.05, 4.69) is 4.74 Å².